The van der Waals surface area contributed by atoms with Crippen LogP contribution >= 0.6 is 0 Å². The van der Waals surface area contributed by atoms with Crippen molar-refractivity contribution in [2.24, 2.45) is 5.73 Å². The van der Waals surface area contributed by atoms with Crippen molar-refractivity contribution in [1.29, 1.82) is 0 Å². The molecule has 0 amide bonds. The van der Waals surface area contributed by atoms with Crippen molar-refractivity contribution in [3.8, 4) is 0 Å². The fraction of sp³-hybridized carbons (Fsp3) is 1.00. The van der Waals surface area contributed by atoms with E-state index in [1.165, 1.54) is 45.1 Å². The summed E-state index contributed by atoms with van der Waals surface area (Å²) in [6.07, 6.45) is 8.43. The number of piperazine rings is 1. The van der Waals surface area contributed by atoms with E-state index in [9.17, 15) is 0 Å². The van der Waals surface area contributed by atoms with Crippen LogP contribution in [0.3, 0.4) is 0 Å². The molecule has 106 valence electrons. The monoisotopic (exact) mass is 253 g/mol. The number of nitrogens with zero attached hydrogens (tertiary/aromatic N) is 2. The number of hydrogen-bond donors (Lipinski definition) is 1. The topological polar surface area (TPSA) is 32.5 Å². The molecule has 1 unspecified atom stereocenters. The van der Waals surface area contributed by atoms with Crippen LogP contribution in [0.1, 0.15) is 52.4 Å². The van der Waals surface area contributed by atoms with Crippen LogP contribution in [-0.2, 0) is 0 Å². The van der Waals surface area contributed by atoms with Gasteiger partial charge in [0.1, 0.15) is 0 Å². The van der Waals surface area contributed by atoms with Crippen molar-refractivity contribution in [2.45, 2.75) is 70.0 Å². The van der Waals surface area contributed by atoms with Gasteiger partial charge in [-0.05, 0) is 33.7 Å². The number of likely N-dealkylation sites (N-methyl/N-ethyl adjacent to an activating group) is 1. The molecule has 0 radical (unpaired) electrons. The highest BCUT2D eigenvalue weighted by atomic mass is 15.3. The molecule has 0 spiro atoms. The molecule has 0 aromatic heterocycles. The second-order valence-corrected chi connectivity index (χ2v) is 6.95. The molecule has 1 saturated heterocycles. The minimum atomic E-state index is 0.270. The van der Waals surface area contributed by atoms with E-state index in [0.717, 1.165) is 19.1 Å². The molecular formula is C15H31N3. The second kappa shape index (κ2) is 5.89. The van der Waals surface area contributed by atoms with Gasteiger partial charge in [0.25, 0.3) is 0 Å². The Morgan fingerprint density at radius 2 is 1.72 bits per heavy atom. The summed E-state index contributed by atoms with van der Waals surface area (Å²) in [7, 11) is 2.23. The lowest BCUT2D eigenvalue weighted by Gasteiger charge is -2.54. The summed E-state index contributed by atoms with van der Waals surface area (Å²) in [5.41, 5.74) is 6.32. The highest BCUT2D eigenvalue weighted by molar-refractivity contribution is 4.98. The average Bonchev–Trinajstić information content (AvgIpc) is 2.55. The maximum absolute atomic E-state index is 6.05. The van der Waals surface area contributed by atoms with E-state index < -0.39 is 0 Å². The summed E-state index contributed by atoms with van der Waals surface area (Å²) >= 11 is 0. The molecule has 1 atom stereocenters. The molecule has 3 heteroatoms. The van der Waals surface area contributed by atoms with Gasteiger partial charge in [-0.15, -0.1) is 0 Å². The Bertz CT molecular complexity index is 256. The zero-order chi connectivity index (χ0) is 13.2. The maximum atomic E-state index is 6.05. The van der Waals surface area contributed by atoms with Crippen molar-refractivity contribution in [1.82, 2.24) is 9.80 Å². The third-order valence-electron chi connectivity index (χ3n) is 4.76. The van der Waals surface area contributed by atoms with Crippen molar-refractivity contribution < 1.29 is 0 Å². The molecule has 0 bridgehead atoms. The van der Waals surface area contributed by atoms with Crippen LogP contribution in [0.2, 0.25) is 0 Å². The van der Waals surface area contributed by atoms with Crippen LogP contribution < -0.4 is 5.73 Å². The first-order chi connectivity index (χ1) is 8.54. The number of nitrogens with two attached hydrogens (primary N) is 1. The second-order valence-electron chi connectivity index (χ2n) is 6.95. The summed E-state index contributed by atoms with van der Waals surface area (Å²) in [6.45, 7) is 7.90. The Morgan fingerprint density at radius 1 is 1.11 bits per heavy atom. The first kappa shape index (κ1) is 14.3. The predicted octanol–water partition coefficient (Wildman–Crippen LogP) is 2.06. The van der Waals surface area contributed by atoms with Crippen molar-refractivity contribution in [3.63, 3.8) is 0 Å². The third-order valence-corrected chi connectivity index (χ3v) is 4.76. The van der Waals surface area contributed by atoms with E-state index >= 15 is 0 Å². The molecule has 1 heterocycles. The normalized spacial score (nSPS) is 32.3. The summed E-state index contributed by atoms with van der Waals surface area (Å²) in [5, 5.41) is 0. The molecule has 18 heavy (non-hydrogen) atoms. The van der Waals surface area contributed by atoms with Gasteiger partial charge < -0.3 is 10.6 Å². The van der Waals surface area contributed by atoms with E-state index in [-0.39, 0.29) is 5.54 Å². The minimum absolute atomic E-state index is 0.270. The summed E-state index contributed by atoms with van der Waals surface area (Å²) < 4.78 is 0. The van der Waals surface area contributed by atoms with Gasteiger partial charge >= 0.3 is 0 Å². The number of hydrogen-bond acceptors (Lipinski definition) is 3. The van der Waals surface area contributed by atoms with Gasteiger partial charge in [0.15, 0.2) is 0 Å². The summed E-state index contributed by atoms with van der Waals surface area (Å²) in [6, 6.07) is 1.31. The van der Waals surface area contributed by atoms with Crippen molar-refractivity contribution >= 4 is 0 Å². The molecule has 1 saturated carbocycles. The van der Waals surface area contributed by atoms with E-state index in [4.69, 9.17) is 5.73 Å². The smallest absolute Gasteiger partial charge is 0.0354 e. The van der Waals surface area contributed by atoms with Gasteiger partial charge in [-0.1, -0.05) is 25.7 Å². The Hall–Kier alpha value is -0.120. The molecule has 2 fully saturated rings. The van der Waals surface area contributed by atoms with Gasteiger partial charge in [0.2, 0.25) is 0 Å². The van der Waals surface area contributed by atoms with Gasteiger partial charge in [-0.2, -0.15) is 0 Å². The first-order valence-electron chi connectivity index (χ1n) is 7.71. The SMILES string of the molecule is CN1CC(CN)N(C2CCCCCC2)C(C)(C)C1. The molecule has 2 aliphatic rings. The molecule has 1 aliphatic heterocycles. The summed E-state index contributed by atoms with van der Waals surface area (Å²) in [5.74, 6) is 0. The van der Waals surface area contributed by atoms with Crippen LogP contribution in [-0.4, -0.2) is 54.1 Å². The molecule has 0 aromatic carbocycles. The van der Waals surface area contributed by atoms with Gasteiger partial charge in [-0.3, -0.25) is 4.90 Å². The molecular weight excluding hydrogens is 222 g/mol. The zero-order valence-electron chi connectivity index (χ0n) is 12.5. The minimum Gasteiger partial charge on any atom is -0.329 e. The van der Waals surface area contributed by atoms with E-state index in [1.807, 2.05) is 0 Å². The van der Waals surface area contributed by atoms with Crippen LogP contribution in [0.5, 0.6) is 0 Å². The lowest BCUT2D eigenvalue weighted by molar-refractivity contribution is -0.0473. The van der Waals surface area contributed by atoms with E-state index in [1.54, 1.807) is 0 Å². The van der Waals surface area contributed by atoms with Crippen LogP contribution in [0.15, 0.2) is 0 Å². The highest BCUT2D eigenvalue weighted by Crippen LogP contribution is 2.32. The third kappa shape index (κ3) is 3.06. The van der Waals surface area contributed by atoms with Crippen molar-refractivity contribution in [2.75, 3.05) is 26.7 Å². The molecule has 1 aliphatic carbocycles. The fourth-order valence-electron chi connectivity index (χ4n) is 4.27. The van der Waals surface area contributed by atoms with Gasteiger partial charge in [0, 0.05) is 37.3 Å². The van der Waals surface area contributed by atoms with Crippen LogP contribution in [0.25, 0.3) is 0 Å². The maximum Gasteiger partial charge on any atom is 0.0354 e. The van der Waals surface area contributed by atoms with Crippen molar-refractivity contribution in [3.05, 3.63) is 0 Å². The lowest BCUT2D eigenvalue weighted by atomic mass is 9.90. The van der Waals surface area contributed by atoms with E-state index in [0.29, 0.717) is 6.04 Å². The Kier molecular flexibility index (Phi) is 4.68. The molecule has 2 N–H and O–H groups in total. The molecule has 3 nitrogen and oxygen atoms in total. The number of rotatable bonds is 2. The lowest BCUT2D eigenvalue weighted by Crippen LogP contribution is -2.67. The Balaban J connectivity index is 2.14. The first-order valence-corrected chi connectivity index (χ1v) is 7.71. The highest BCUT2D eigenvalue weighted by Gasteiger charge is 2.41. The average molecular weight is 253 g/mol. The standard InChI is InChI=1S/C15H31N3/c1-15(2)12-17(3)11-14(10-16)18(15)13-8-6-4-5-7-9-13/h13-14H,4-12,16H2,1-3H3. The Morgan fingerprint density at radius 3 is 2.28 bits per heavy atom. The Labute approximate surface area is 113 Å². The predicted molar refractivity (Wildman–Crippen MR) is 77.7 cm³/mol. The molecule has 2 rings (SSSR count). The molecule has 0 aromatic rings. The van der Waals surface area contributed by atoms with Crippen LogP contribution in [0.4, 0.5) is 0 Å². The zero-order valence-corrected chi connectivity index (χ0v) is 12.5. The summed E-state index contributed by atoms with van der Waals surface area (Å²) in [4.78, 5) is 5.23. The quantitative estimate of drug-likeness (QED) is 0.765. The van der Waals surface area contributed by atoms with Gasteiger partial charge in [0.05, 0.1) is 0 Å². The van der Waals surface area contributed by atoms with E-state index in [2.05, 4.69) is 30.7 Å². The van der Waals surface area contributed by atoms with Crippen LogP contribution in [0, 0.1) is 0 Å². The van der Waals surface area contributed by atoms with Gasteiger partial charge in [-0.25, -0.2) is 0 Å². The fourth-order valence-corrected chi connectivity index (χ4v) is 4.27. The largest absolute Gasteiger partial charge is 0.329 e.